The van der Waals surface area contributed by atoms with Crippen molar-refractivity contribution in [2.24, 2.45) is 11.8 Å². The lowest BCUT2D eigenvalue weighted by atomic mass is 10.2. The van der Waals surface area contributed by atoms with Crippen molar-refractivity contribution in [2.75, 3.05) is 18.4 Å². The Kier molecular flexibility index (Phi) is 4.60. The fourth-order valence-electron chi connectivity index (χ4n) is 4.24. The Labute approximate surface area is 175 Å². The molecule has 3 aromatic heterocycles. The largest absolute Gasteiger partial charge is 0.364 e. The van der Waals surface area contributed by atoms with Gasteiger partial charge in [-0.25, -0.2) is 24.9 Å². The van der Waals surface area contributed by atoms with E-state index in [1.165, 1.54) is 0 Å². The van der Waals surface area contributed by atoms with E-state index in [9.17, 15) is 4.79 Å². The Morgan fingerprint density at radius 3 is 2.70 bits per heavy atom. The minimum Gasteiger partial charge on any atom is -0.364 e. The van der Waals surface area contributed by atoms with Gasteiger partial charge in [0.15, 0.2) is 17.0 Å². The maximum atomic E-state index is 12.5. The highest BCUT2D eigenvalue weighted by molar-refractivity contribution is 5.86. The van der Waals surface area contributed by atoms with Crippen LogP contribution in [0.1, 0.15) is 32.5 Å². The quantitative estimate of drug-likeness (QED) is 0.693. The van der Waals surface area contributed by atoms with Crippen molar-refractivity contribution in [3.63, 3.8) is 0 Å². The third kappa shape index (κ3) is 3.28. The third-order valence-electron chi connectivity index (χ3n) is 6.15. The normalized spacial score (nSPS) is 23.2. The first kappa shape index (κ1) is 18.9. The molecule has 0 aromatic carbocycles. The highest BCUT2D eigenvalue weighted by Crippen LogP contribution is 2.40. The fraction of sp³-hybridized carbons (Fsp3) is 0.524. The Balaban J connectivity index is 1.41. The predicted octanol–water partition coefficient (Wildman–Crippen LogP) is 2.28. The van der Waals surface area contributed by atoms with Crippen LogP contribution in [0.4, 0.5) is 5.82 Å². The molecule has 0 unspecified atom stereocenters. The van der Waals surface area contributed by atoms with E-state index in [2.05, 4.69) is 43.7 Å². The molecular weight excluding hydrogens is 380 g/mol. The fourth-order valence-corrected chi connectivity index (χ4v) is 4.24. The van der Waals surface area contributed by atoms with Crippen LogP contribution in [0.2, 0.25) is 0 Å². The van der Waals surface area contributed by atoms with Gasteiger partial charge < -0.3 is 14.8 Å². The van der Waals surface area contributed by atoms with Gasteiger partial charge in [-0.3, -0.25) is 4.79 Å². The molecule has 1 aliphatic heterocycles. The van der Waals surface area contributed by atoms with Crippen LogP contribution in [0.3, 0.4) is 0 Å². The average molecular weight is 406 g/mol. The molecular formula is C21H26N8O. The molecule has 0 spiro atoms. The van der Waals surface area contributed by atoms with Gasteiger partial charge in [0.1, 0.15) is 18.0 Å². The molecule has 9 nitrogen and oxygen atoms in total. The number of anilines is 1. The highest BCUT2D eigenvalue weighted by Gasteiger charge is 2.43. The van der Waals surface area contributed by atoms with E-state index in [-0.39, 0.29) is 12.0 Å². The number of fused-ring (bicyclic) bond motifs is 1. The molecule has 3 aromatic rings. The summed E-state index contributed by atoms with van der Waals surface area (Å²) in [6.07, 6.45) is 7.08. The first-order valence-corrected chi connectivity index (χ1v) is 10.6. The van der Waals surface area contributed by atoms with Crippen LogP contribution in [0.25, 0.3) is 22.6 Å². The lowest BCUT2D eigenvalue weighted by molar-refractivity contribution is -0.131. The van der Waals surface area contributed by atoms with Crippen LogP contribution in [-0.2, 0) is 11.3 Å². The number of carbonyl (C=O) groups excluding carboxylic acids is 1. The summed E-state index contributed by atoms with van der Waals surface area (Å²) in [5.74, 6) is 3.28. The Morgan fingerprint density at radius 2 is 2.00 bits per heavy atom. The number of rotatable bonds is 5. The summed E-state index contributed by atoms with van der Waals surface area (Å²) in [6, 6.07) is 0.166. The Hall–Kier alpha value is -3.10. The predicted molar refractivity (Wildman–Crippen MR) is 113 cm³/mol. The van der Waals surface area contributed by atoms with Gasteiger partial charge in [-0.2, -0.15) is 0 Å². The van der Waals surface area contributed by atoms with Crippen molar-refractivity contribution in [1.82, 2.24) is 34.4 Å². The molecule has 1 saturated heterocycles. The minimum absolute atomic E-state index is 0.166. The number of carbonyl (C=O) groups is 1. The molecule has 1 aliphatic carbocycles. The van der Waals surface area contributed by atoms with Gasteiger partial charge in [0, 0.05) is 44.0 Å². The van der Waals surface area contributed by atoms with E-state index >= 15 is 0 Å². The lowest BCUT2D eigenvalue weighted by Crippen LogP contribution is -2.33. The van der Waals surface area contributed by atoms with E-state index in [0.29, 0.717) is 24.2 Å². The summed E-state index contributed by atoms with van der Waals surface area (Å²) < 4.78 is 2.05. The summed E-state index contributed by atoms with van der Waals surface area (Å²) in [5.41, 5.74) is 2.36. The van der Waals surface area contributed by atoms with E-state index in [1.807, 2.05) is 11.8 Å². The molecule has 1 amide bonds. The molecule has 1 N–H and O–H groups in total. The van der Waals surface area contributed by atoms with Gasteiger partial charge in [0.25, 0.3) is 0 Å². The van der Waals surface area contributed by atoms with Crippen molar-refractivity contribution in [3.05, 3.63) is 24.5 Å². The minimum atomic E-state index is 0.166. The van der Waals surface area contributed by atoms with Crippen LogP contribution in [0.5, 0.6) is 0 Å². The number of likely N-dealkylation sites (tertiary alicyclic amines) is 1. The number of nitrogens with one attached hydrogen (secondary N) is 1. The zero-order chi connectivity index (χ0) is 20.8. The molecule has 9 heteroatoms. The van der Waals surface area contributed by atoms with E-state index < -0.39 is 0 Å². The molecule has 2 fully saturated rings. The van der Waals surface area contributed by atoms with Crippen LogP contribution in [-0.4, -0.2) is 59.4 Å². The average Bonchev–Trinajstić information content (AvgIpc) is 3.14. The monoisotopic (exact) mass is 406 g/mol. The number of aryl methyl sites for hydroxylation is 2. The number of aromatic nitrogens is 6. The summed E-state index contributed by atoms with van der Waals surface area (Å²) in [7, 11) is 0. The van der Waals surface area contributed by atoms with Gasteiger partial charge in [0.05, 0.1) is 5.56 Å². The topological polar surface area (TPSA) is 102 Å². The summed E-state index contributed by atoms with van der Waals surface area (Å²) >= 11 is 0. The zero-order valence-electron chi connectivity index (χ0n) is 17.5. The van der Waals surface area contributed by atoms with Crippen molar-refractivity contribution < 1.29 is 4.79 Å². The molecule has 30 heavy (non-hydrogen) atoms. The van der Waals surface area contributed by atoms with Gasteiger partial charge in [0.2, 0.25) is 5.91 Å². The van der Waals surface area contributed by atoms with Crippen LogP contribution < -0.4 is 5.32 Å². The van der Waals surface area contributed by atoms with E-state index in [0.717, 1.165) is 54.3 Å². The van der Waals surface area contributed by atoms with Crippen LogP contribution in [0, 0.1) is 18.8 Å². The zero-order valence-corrected chi connectivity index (χ0v) is 17.5. The Morgan fingerprint density at radius 1 is 1.23 bits per heavy atom. The number of imidazole rings is 1. The molecule has 4 heterocycles. The molecule has 1 saturated carbocycles. The van der Waals surface area contributed by atoms with Crippen molar-refractivity contribution >= 4 is 22.9 Å². The maximum Gasteiger partial charge on any atom is 0.226 e. The lowest BCUT2D eigenvalue weighted by Gasteiger charge is -2.17. The molecule has 3 atom stereocenters. The van der Waals surface area contributed by atoms with Crippen LogP contribution >= 0.6 is 0 Å². The van der Waals surface area contributed by atoms with Crippen LogP contribution in [0.15, 0.2) is 18.7 Å². The number of nitrogens with zero attached hydrogens (tertiary/aromatic N) is 7. The van der Waals surface area contributed by atoms with Crippen molar-refractivity contribution in [1.29, 1.82) is 0 Å². The first-order chi connectivity index (χ1) is 14.5. The standard InChI is InChI=1S/C21H26N8O/c1-4-29-19(14-8-22-13(3)23-9-14)27-17-18(24-11-25-20(17)29)26-15-5-6-28(10-15)21(30)16-7-12(16)2/h8-9,11-12,15-16H,4-7,10H2,1-3H3,(H,24,25,26)/t12-,15-,16-/m0/s1. The smallest absolute Gasteiger partial charge is 0.226 e. The van der Waals surface area contributed by atoms with E-state index in [4.69, 9.17) is 4.98 Å². The van der Waals surface area contributed by atoms with Gasteiger partial charge in [-0.15, -0.1) is 0 Å². The van der Waals surface area contributed by atoms with Crippen molar-refractivity contribution in [2.45, 2.75) is 46.2 Å². The van der Waals surface area contributed by atoms with Crippen molar-refractivity contribution in [3.8, 4) is 11.4 Å². The third-order valence-corrected chi connectivity index (χ3v) is 6.15. The molecule has 5 rings (SSSR count). The van der Waals surface area contributed by atoms with Gasteiger partial charge in [-0.05, 0) is 32.6 Å². The number of hydrogen-bond donors (Lipinski definition) is 1. The summed E-state index contributed by atoms with van der Waals surface area (Å²) in [4.78, 5) is 36.9. The second-order valence-electron chi connectivity index (χ2n) is 8.33. The molecule has 0 bridgehead atoms. The molecule has 156 valence electrons. The summed E-state index contributed by atoms with van der Waals surface area (Å²) in [5, 5.41) is 3.51. The van der Waals surface area contributed by atoms with Gasteiger partial charge in [-0.1, -0.05) is 6.92 Å². The Bertz CT molecular complexity index is 1090. The second-order valence-corrected chi connectivity index (χ2v) is 8.33. The second kappa shape index (κ2) is 7.30. The first-order valence-electron chi connectivity index (χ1n) is 10.6. The molecule has 0 radical (unpaired) electrons. The highest BCUT2D eigenvalue weighted by atomic mass is 16.2. The number of amides is 1. The maximum absolute atomic E-state index is 12.5. The molecule has 2 aliphatic rings. The SMILES string of the molecule is CCn1c(-c2cnc(C)nc2)nc2c(N[C@H]3CCN(C(=O)[C@H]4C[C@@H]4C)C3)ncnc21. The number of hydrogen-bond acceptors (Lipinski definition) is 7. The van der Waals surface area contributed by atoms with Gasteiger partial charge >= 0.3 is 0 Å². The van der Waals surface area contributed by atoms with E-state index in [1.54, 1.807) is 18.7 Å². The summed E-state index contributed by atoms with van der Waals surface area (Å²) in [6.45, 7) is 8.30.